The van der Waals surface area contributed by atoms with E-state index in [-0.39, 0.29) is 12.3 Å². The van der Waals surface area contributed by atoms with Gasteiger partial charge in [0.05, 0.1) is 33.7 Å². The lowest BCUT2D eigenvalue weighted by atomic mass is 10.1. The molecule has 0 bridgehead atoms. The number of anilines is 2. The van der Waals surface area contributed by atoms with Crippen LogP contribution in [0.3, 0.4) is 0 Å². The number of Topliss-reactive ketones (excluding diaryl/α,β-unsaturated/α-hetero) is 1. The number of rotatable bonds is 5. The molecule has 5 heteroatoms. The van der Waals surface area contributed by atoms with Crippen molar-refractivity contribution < 1.29 is 4.79 Å². The van der Waals surface area contributed by atoms with Crippen LogP contribution >= 0.6 is 11.3 Å². The van der Waals surface area contributed by atoms with Crippen LogP contribution in [-0.4, -0.2) is 16.9 Å². The van der Waals surface area contributed by atoms with Crippen molar-refractivity contribution in [3.8, 4) is 5.69 Å². The first-order valence-corrected chi connectivity index (χ1v) is 13.1. The maximum Gasteiger partial charge on any atom is 0.181 e. The third kappa shape index (κ3) is 3.47. The van der Waals surface area contributed by atoms with Crippen LogP contribution < -0.4 is 11.1 Å². The zero-order valence-corrected chi connectivity index (χ0v) is 20.8. The smallest absolute Gasteiger partial charge is 0.181 e. The van der Waals surface area contributed by atoms with Gasteiger partial charge in [-0.3, -0.25) is 4.79 Å². The van der Waals surface area contributed by atoms with Gasteiger partial charge in [-0.15, -0.1) is 11.3 Å². The minimum atomic E-state index is 0.0158. The molecule has 37 heavy (non-hydrogen) atoms. The number of fused-ring (bicyclic) bond motifs is 7. The van der Waals surface area contributed by atoms with Crippen molar-refractivity contribution in [2.24, 2.45) is 0 Å². The average Bonchev–Trinajstić information content (AvgIpc) is 3.48. The van der Waals surface area contributed by atoms with Gasteiger partial charge in [-0.25, -0.2) is 0 Å². The molecule has 0 unspecified atom stereocenters. The van der Waals surface area contributed by atoms with Crippen LogP contribution in [-0.2, 0) is 0 Å². The quantitative estimate of drug-likeness (QED) is 0.187. The van der Waals surface area contributed by atoms with Gasteiger partial charge in [0, 0.05) is 37.5 Å². The number of carbonyl (C=O) groups excluding carboxylic acids is 1. The van der Waals surface area contributed by atoms with Crippen molar-refractivity contribution in [1.29, 1.82) is 0 Å². The van der Waals surface area contributed by atoms with Crippen LogP contribution in [0, 0.1) is 0 Å². The van der Waals surface area contributed by atoms with E-state index in [1.54, 1.807) is 0 Å². The number of nitrogens with zero attached hydrogens (tertiary/aromatic N) is 1. The highest BCUT2D eigenvalue weighted by Gasteiger charge is 2.19. The molecule has 5 aromatic carbocycles. The molecule has 7 rings (SSSR count). The lowest BCUT2D eigenvalue weighted by molar-refractivity contribution is 0.101. The van der Waals surface area contributed by atoms with E-state index in [2.05, 4.69) is 76.6 Å². The molecule has 0 amide bonds. The zero-order valence-electron chi connectivity index (χ0n) is 19.9. The van der Waals surface area contributed by atoms with E-state index in [1.165, 1.54) is 31.1 Å². The molecule has 178 valence electrons. The molecule has 0 radical (unpaired) electrons. The molecule has 2 heterocycles. The number of carbonyl (C=O) groups is 1. The fraction of sp³-hybridized carbons (Fsp3) is 0.0312. The number of ketones is 1. The predicted octanol–water partition coefficient (Wildman–Crippen LogP) is 8.03. The number of nitrogens with two attached hydrogens (primary N) is 1. The number of thiophene rings is 1. The molecular weight excluding hydrogens is 474 g/mol. The normalized spacial score (nSPS) is 11.6. The van der Waals surface area contributed by atoms with Crippen LogP contribution in [0.25, 0.3) is 47.7 Å². The molecule has 0 saturated heterocycles. The molecule has 0 saturated carbocycles. The molecule has 7 aromatic rings. The number of nitrogens with one attached hydrogen (secondary N) is 1. The summed E-state index contributed by atoms with van der Waals surface area (Å²) in [6.45, 7) is 0.172. The largest absolute Gasteiger partial charge is 0.397 e. The Morgan fingerprint density at radius 2 is 1.49 bits per heavy atom. The third-order valence-corrected chi connectivity index (χ3v) is 8.20. The summed E-state index contributed by atoms with van der Waals surface area (Å²) in [7, 11) is 0. The highest BCUT2D eigenvalue weighted by Crippen LogP contribution is 2.43. The van der Waals surface area contributed by atoms with Crippen molar-refractivity contribution in [2.45, 2.75) is 0 Å². The van der Waals surface area contributed by atoms with E-state index in [0.717, 1.165) is 22.3 Å². The molecule has 0 spiro atoms. The van der Waals surface area contributed by atoms with E-state index in [1.807, 2.05) is 53.8 Å². The summed E-state index contributed by atoms with van der Waals surface area (Å²) >= 11 is 1.82. The summed E-state index contributed by atoms with van der Waals surface area (Å²) in [4.78, 5) is 13.3. The van der Waals surface area contributed by atoms with Crippen molar-refractivity contribution in [2.75, 3.05) is 17.6 Å². The molecule has 0 aliphatic heterocycles. The van der Waals surface area contributed by atoms with Gasteiger partial charge in [-0.2, -0.15) is 0 Å². The lowest BCUT2D eigenvalue weighted by Gasteiger charge is -2.10. The van der Waals surface area contributed by atoms with Gasteiger partial charge >= 0.3 is 0 Å². The van der Waals surface area contributed by atoms with Crippen LogP contribution in [0.15, 0.2) is 109 Å². The molecule has 0 fully saturated rings. The zero-order chi connectivity index (χ0) is 24.9. The van der Waals surface area contributed by atoms with Gasteiger partial charge in [0.1, 0.15) is 0 Å². The Labute approximate surface area is 217 Å². The summed E-state index contributed by atoms with van der Waals surface area (Å²) in [5.41, 5.74) is 11.4. The van der Waals surface area contributed by atoms with Gasteiger partial charge in [0.25, 0.3) is 0 Å². The number of para-hydroxylation sites is 3. The Morgan fingerprint density at radius 3 is 2.35 bits per heavy atom. The minimum Gasteiger partial charge on any atom is -0.397 e. The van der Waals surface area contributed by atoms with Crippen LogP contribution in [0.4, 0.5) is 11.4 Å². The standard InChI is InChI=1S/C32H23N3OS/c33-26-11-5-6-12-27(26)34-19-29(36)20-14-15-22-24-16-17-25-23-10-4-7-13-30(23)37-32(25)31(24)35(28(22)18-20)21-8-2-1-3-9-21/h1-18,34H,19,33H2. The van der Waals surface area contributed by atoms with Crippen LogP contribution in [0.1, 0.15) is 10.4 Å². The van der Waals surface area contributed by atoms with E-state index < -0.39 is 0 Å². The van der Waals surface area contributed by atoms with E-state index in [4.69, 9.17) is 5.73 Å². The maximum absolute atomic E-state index is 13.3. The van der Waals surface area contributed by atoms with Gasteiger partial charge < -0.3 is 15.6 Å². The number of nitrogen functional groups attached to an aromatic ring is 1. The second-order valence-corrected chi connectivity index (χ2v) is 10.3. The summed E-state index contributed by atoms with van der Waals surface area (Å²) in [6, 6.07) is 37.0. The van der Waals surface area contributed by atoms with Crippen molar-refractivity contribution in [1.82, 2.24) is 4.57 Å². The van der Waals surface area contributed by atoms with Gasteiger partial charge in [-0.05, 0) is 36.4 Å². The highest BCUT2D eigenvalue weighted by molar-refractivity contribution is 7.26. The van der Waals surface area contributed by atoms with Crippen molar-refractivity contribution in [3.63, 3.8) is 0 Å². The van der Waals surface area contributed by atoms with Crippen molar-refractivity contribution >= 4 is 70.5 Å². The first-order chi connectivity index (χ1) is 18.2. The number of aromatic nitrogens is 1. The van der Waals surface area contributed by atoms with E-state index in [0.29, 0.717) is 11.3 Å². The first-order valence-electron chi connectivity index (χ1n) is 12.2. The molecule has 0 aliphatic rings. The molecule has 3 N–H and O–H groups in total. The second kappa shape index (κ2) is 8.50. The Bertz CT molecular complexity index is 1970. The molecule has 0 aliphatic carbocycles. The van der Waals surface area contributed by atoms with Crippen LogP contribution in [0.5, 0.6) is 0 Å². The van der Waals surface area contributed by atoms with Gasteiger partial charge in [-0.1, -0.05) is 72.8 Å². The first kappa shape index (κ1) is 21.7. The number of hydrogen-bond acceptors (Lipinski definition) is 4. The molecule has 2 aromatic heterocycles. The van der Waals surface area contributed by atoms with Gasteiger partial charge in [0.15, 0.2) is 5.78 Å². The fourth-order valence-corrected chi connectivity index (χ4v) is 6.47. The summed E-state index contributed by atoms with van der Waals surface area (Å²) in [6.07, 6.45) is 0. The monoisotopic (exact) mass is 497 g/mol. The Kier molecular flexibility index (Phi) is 4.98. The van der Waals surface area contributed by atoms with E-state index in [9.17, 15) is 4.79 Å². The molecule has 0 atom stereocenters. The van der Waals surface area contributed by atoms with E-state index >= 15 is 0 Å². The summed E-state index contributed by atoms with van der Waals surface area (Å²) in [5.74, 6) is 0.0158. The summed E-state index contributed by atoms with van der Waals surface area (Å²) < 4.78 is 4.84. The van der Waals surface area contributed by atoms with Crippen molar-refractivity contribution in [3.05, 3.63) is 115 Å². The number of benzene rings is 5. The SMILES string of the molecule is Nc1ccccc1NCC(=O)c1ccc2c3ccc4c5ccccc5sc4c3n(-c3ccccc3)c2c1. The predicted molar refractivity (Wildman–Crippen MR) is 157 cm³/mol. The average molecular weight is 498 g/mol. The fourth-order valence-electron chi connectivity index (χ4n) is 5.23. The Morgan fingerprint density at radius 1 is 0.757 bits per heavy atom. The molecule has 4 nitrogen and oxygen atoms in total. The second-order valence-electron chi connectivity index (χ2n) is 9.20. The van der Waals surface area contributed by atoms with Crippen LogP contribution in [0.2, 0.25) is 0 Å². The maximum atomic E-state index is 13.3. The topological polar surface area (TPSA) is 60.0 Å². The molecular formula is C32H23N3OS. The Balaban J connectivity index is 1.44. The minimum absolute atomic E-state index is 0.0158. The lowest BCUT2D eigenvalue weighted by Crippen LogP contribution is -2.14. The highest BCUT2D eigenvalue weighted by atomic mass is 32.1. The third-order valence-electron chi connectivity index (χ3n) is 7.01. The van der Waals surface area contributed by atoms with Gasteiger partial charge in [0.2, 0.25) is 0 Å². The number of hydrogen-bond donors (Lipinski definition) is 2. The summed E-state index contributed by atoms with van der Waals surface area (Å²) in [5, 5.41) is 8.05. The Hall–Kier alpha value is -4.61.